The van der Waals surface area contributed by atoms with Gasteiger partial charge in [0, 0.05) is 23.2 Å². The molecule has 2 heteroatoms. The Morgan fingerprint density at radius 3 is 1.16 bits per heavy atom. The number of anilines is 2. The molecule has 8 aromatic rings. The molecule has 0 radical (unpaired) electrons. The molecule has 8 aromatic carbocycles. The smallest absolute Gasteiger partial charge is 0.0763 e. The van der Waals surface area contributed by atoms with Gasteiger partial charge in [-0.3, -0.25) is 0 Å². The van der Waals surface area contributed by atoms with Crippen molar-refractivity contribution in [1.29, 1.82) is 0 Å². The van der Waals surface area contributed by atoms with Crippen molar-refractivity contribution < 1.29 is 0 Å². The lowest BCUT2D eigenvalue weighted by molar-refractivity contribution is 0.587. The summed E-state index contributed by atoms with van der Waals surface area (Å²) in [6.07, 6.45) is 0. The fraction of sp³-hybridized carbons (Fsp3) is 0.179. The first kappa shape index (κ1) is 37.2. The highest BCUT2D eigenvalue weighted by Gasteiger charge is 2.38. The summed E-state index contributed by atoms with van der Waals surface area (Å²) in [5.41, 5.74) is 16.4. The highest BCUT2D eigenvalue weighted by Crippen LogP contribution is 2.52. The summed E-state index contributed by atoms with van der Waals surface area (Å²) < 4.78 is 0. The molecule has 2 nitrogen and oxygen atoms in total. The van der Waals surface area contributed by atoms with Crippen LogP contribution in [0.3, 0.4) is 0 Å². The Bertz CT molecular complexity index is 2470. The molecule has 0 fully saturated rings. The lowest BCUT2D eigenvalue weighted by Gasteiger charge is -2.35. The van der Waals surface area contributed by atoms with Gasteiger partial charge in [0.1, 0.15) is 0 Å². The van der Waals surface area contributed by atoms with Crippen molar-refractivity contribution in [3.63, 3.8) is 0 Å². The average Bonchev–Trinajstić information content (AvgIpc) is 3.54. The zero-order valence-corrected chi connectivity index (χ0v) is 34.2. The van der Waals surface area contributed by atoms with Gasteiger partial charge in [-0.05, 0) is 91.2 Å². The van der Waals surface area contributed by atoms with Gasteiger partial charge in [0.15, 0.2) is 0 Å². The molecule has 0 amide bonds. The molecule has 0 spiro atoms. The van der Waals surface area contributed by atoms with E-state index in [1.54, 1.807) is 0 Å². The summed E-state index contributed by atoms with van der Waals surface area (Å²) >= 11 is 0. The second kappa shape index (κ2) is 15.5. The first-order valence-corrected chi connectivity index (χ1v) is 20.7. The van der Waals surface area contributed by atoms with Gasteiger partial charge >= 0.3 is 0 Å². The number of rotatable bonds is 10. The van der Waals surface area contributed by atoms with Crippen LogP contribution < -0.4 is 10.6 Å². The third-order valence-electron chi connectivity index (χ3n) is 12.3. The summed E-state index contributed by atoms with van der Waals surface area (Å²) in [6, 6.07) is 69.6. The van der Waals surface area contributed by atoms with Gasteiger partial charge in [-0.15, -0.1) is 0 Å². The van der Waals surface area contributed by atoms with E-state index < -0.39 is 0 Å². The topological polar surface area (TPSA) is 24.1 Å². The molecule has 0 bridgehead atoms. The largest absolute Gasteiger partial charge is 0.375 e. The van der Waals surface area contributed by atoms with Gasteiger partial charge in [0.2, 0.25) is 0 Å². The molecule has 2 unspecified atom stereocenters. The second-order valence-electron chi connectivity index (χ2n) is 17.1. The van der Waals surface area contributed by atoms with Gasteiger partial charge in [-0.1, -0.05) is 209 Å². The van der Waals surface area contributed by atoms with Crippen LogP contribution in [0.5, 0.6) is 0 Å². The van der Waals surface area contributed by atoms with Crippen LogP contribution in [0.4, 0.5) is 11.4 Å². The number of hydrogen-bond acceptors (Lipinski definition) is 2. The predicted octanol–water partition coefficient (Wildman–Crippen LogP) is 14.4. The normalized spacial score (nSPS) is 14.9. The van der Waals surface area contributed by atoms with E-state index in [-0.39, 0.29) is 29.3 Å². The SMILES string of the molecule is Cc1cccc(C)c1NC1c2cccc3cccc(c23)C1Nc1c(C(c2ccccc2)c2ccccc2)cc(C(C)(C)C)cc1C(c1ccccc1)c1ccccc1. The maximum Gasteiger partial charge on any atom is 0.0763 e. The van der Waals surface area contributed by atoms with E-state index in [1.165, 1.54) is 83.3 Å². The number of benzene rings is 8. The van der Waals surface area contributed by atoms with Gasteiger partial charge in [0.25, 0.3) is 0 Å². The fourth-order valence-electron chi connectivity index (χ4n) is 9.38. The van der Waals surface area contributed by atoms with E-state index in [2.05, 4.69) is 233 Å². The van der Waals surface area contributed by atoms with Gasteiger partial charge in [-0.2, -0.15) is 0 Å². The van der Waals surface area contributed by atoms with Crippen LogP contribution in [0, 0.1) is 13.8 Å². The Morgan fingerprint density at radius 2 is 0.776 bits per heavy atom. The highest BCUT2D eigenvalue weighted by molar-refractivity contribution is 5.93. The third-order valence-corrected chi connectivity index (χ3v) is 12.3. The quantitative estimate of drug-likeness (QED) is 0.136. The average molecular weight is 753 g/mol. The van der Waals surface area contributed by atoms with E-state index in [0.29, 0.717) is 0 Å². The molecule has 286 valence electrons. The highest BCUT2D eigenvalue weighted by atomic mass is 15.0. The van der Waals surface area contributed by atoms with Crippen LogP contribution >= 0.6 is 0 Å². The number of nitrogens with one attached hydrogen (secondary N) is 2. The molecule has 2 N–H and O–H groups in total. The summed E-state index contributed by atoms with van der Waals surface area (Å²) in [4.78, 5) is 0. The predicted molar refractivity (Wildman–Crippen MR) is 245 cm³/mol. The number of aryl methyl sites for hydroxylation is 2. The third kappa shape index (κ3) is 6.98. The van der Waals surface area contributed by atoms with Gasteiger partial charge < -0.3 is 10.6 Å². The lowest BCUT2D eigenvalue weighted by Crippen LogP contribution is -2.25. The molecule has 0 aliphatic heterocycles. The van der Waals surface area contributed by atoms with Crippen LogP contribution in [-0.2, 0) is 5.41 Å². The zero-order chi connectivity index (χ0) is 39.8. The molecular weight excluding hydrogens is 701 g/mol. The van der Waals surface area contributed by atoms with E-state index in [4.69, 9.17) is 0 Å². The summed E-state index contributed by atoms with van der Waals surface area (Å²) in [5, 5.41) is 11.2. The van der Waals surface area contributed by atoms with Gasteiger partial charge in [-0.25, -0.2) is 0 Å². The zero-order valence-electron chi connectivity index (χ0n) is 34.2. The first-order chi connectivity index (χ1) is 28.3. The van der Waals surface area contributed by atoms with Crippen molar-refractivity contribution in [2.45, 2.75) is 64.0 Å². The molecule has 9 rings (SSSR count). The van der Waals surface area contributed by atoms with Crippen molar-refractivity contribution in [3.8, 4) is 0 Å². The van der Waals surface area contributed by atoms with Crippen LogP contribution in [0.1, 0.15) is 106 Å². The number of hydrogen-bond donors (Lipinski definition) is 2. The summed E-state index contributed by atoms with van der Waals surface area (Å²) in [5.74, 6) is -0.0505. The minimum atomic E-state index is -0.112. The van der Waals surface area contributed by atoms with Crippen molar-refractivity contribution in [2.75, 3.05) is 10.6 Å². The van der Waals surface area contributed by atoms with E-state index in [1.807, 2.05) is 0 Å². The van der Waals surface area contributed by atoms with Crippen molar-refractivity contribution in [3.05, 3.63) is 249 Å². The molecule has 58 heavy (non-hydrogen) atoms. The fourth-order valence-corrected chi connectivity index (χ4v) is 9.38. The monoisotopic (exact) mass is 752 g/mol. The lowest BCUT2D eigenvalue weighted by atomic mass is 9.74. The second-order valence-corrected chi connectivity index (χ2v) is 17.1. The maximum atomic E-state index is 4.45. The Hall–Kier alpha value is -6.38. The minimum Gasteiger partial charge on any atom is -0.375 e. The Kier molecular flexibility index (Phi) is 9.96. The Labute approximate surface area is 344 Å². The molecule has 1 aliphatic rings. The van der Waals surface area contributed by atoms with E-state index in [0.717, 1.165) is 0 Å². The molecule has 0 saturated carbocycles. The Morgan fingerprint density at radius 1 is 0.414 bits per heavy atom. The summed E-state index contributed by atoms with van der Waals surface area (Å²) in [7, 11) is 0. The minimum absolute atomic E-state index is 0.0252. The van der Waals surface area contributed by atoms with Crippen molar-refractivity contribution >= 4 is 22.1 Å². The Balaban J connectivity index is 1.36. The molecule has 2 atom stereocenters. The summed E-state index contributed by atoms with van der Waals surface area (Å²) in [6.45, 7) is 11.5. The number of para-hydroxylation sites is 1. The van der Waals surface area contributed by atoms with Crippen LogP contribution in [0.2, 0.25) is 0 Å². The van der Waals surface area contributed by atoms with E-state index >= 15 is 0 Å². The van der Waals surface area contributed by atoms with Crippen LogP contribution in [0.15, 0.2) is 188 Å². The molecule has 1 aliphatic carbocycles. The molecule has 0 heterocycles. The van der Waals surface area contributed by atoms with Crippen LogP contribution in [-0.4, -0.2) is 0 Å². The van der Waals surface area contributed by atoms with Crippen LogP contribution in [0.25, 0.3) is 10.8 Å². The molecule has 0 aromatic heterocycles. The molecular formula is C56H52N2. The maximum absolute atomic E-state index is 4.45. The van der Waals surface area contributed by atoms with Gasteiger partial charge in [0.05, 0.1) is 12.1 Å². The van der Waals surface area contributed by atoms with Crippen molar-refractivity contribution in [1.82, 2.24) is 0 Å². The standard InChI is InChI=1S/C56H52N2/c1-37-21-18-22-38(2)52(37)57-54-45-33-19-31-43-32-20-34-46(51(43)45)55(54)58-53-47(49(39-23-10-6-11-24-39)40-25-12-7-13-26-40)35-44(56(3,4)5)36-48(53)50(41-27-14-8-15-28-41)42-29-16-9-17-30-42/h6-36,49-50,54-55,57-58H,1-5H3. The van der Waals surface area contributed by atoms with E-state index in [9.17, 15) is 0 Å². The molecule has 0 saturated heterocycles. The van der Waals surface area contributed by atoms with Crippen molar-refractivity contribution in [2.24, 2.45) is 0 Å². The first-order valence-electron chi connectivity index (χ1n) is 20.7.